The number of carbonyl (C=O) groups is 1. The molecule has 5 rings (SSSR count). The molecule has 0 saturated carbocycles. The van der Waals surface area contributed by atoms with Crippen molar-refractivity contribution < 1.29 is 31.1 Å². The van der Waals surface area contributed by atoms with Crippen molar-refractivity contribution in [1.29, 1.82) is 0 Å². The van der Waals surface area contributed by atoms with Crippen LogP contribution in [-0.4, -0.2) is 46.5 Å². The fourth-order valence-corrected chi connectivity index (χ4v) is 10.0. The number of carbonyl (C=O) groups excluding carboxylic acids is 1. The van der Waals surface area contributed by atoms with Gasteiger partial charge in [-0.05, 0) is 63.6 Å². The Kier molecular flexibility index (Phi) is 7.87. The van der Waals surface area contributed by atoms with E-state index in [1.54, 1.807) is 54.6 Å². The zero-order valence-electron chi connectivity index (χ0n) is 24.4. The van der Waals surface area contributed by atoms with Gasteiger partial charge in [-0.3, -0.25) is 4.79 Å². The molecular formula is C33H36O7S2. The minimum atomic E-state index is -4.08. The van der Waals surface area contributed by atoms with Crippen LogP contribution in [0, 0.1) is 17.8 Å². The van der Waals surface area contributed by atoms with Crippen LogP contribution in [0.15, 0.2) is 117 Å². The van der Waals surface area contributed by atoms with Gasteiger partial charge in [0.05, 0.1) is 28.4 Å². The molecule has 1 aliphatic heterocycles. The lowest BCUT2D eigenvalue weighted by molar-refractivity contribution is -0.144. The minimum absolute atomic E-state index is 0.0222. The Morgan fingerprint density at radius 1 is 0.905 bits per heavy atom. The zero-order valence-corrected chi connectivity index (χ0v) is 26.0. The highest BCUT2D eigenvalue weighted by Gasteiger charge is 2.58. The second-order valence-corrected chi connectivity index (χ2v) is 15.7. The van der Waals surface area contributed by atoms with E-state index in [2.05, 4.69) is 6.08 Å². The van der Waals surface area contributed by atoms with Crippen molar-refractivity contribution in [3.05, 3.63) is 107 Å². The van der Waals surface area contributed by atoms with Crippen molar-refractivity contribution in [3.63, 3.8) is 0 Å². The van der Waals surface area contributed by atoms with Crippen LogP contribution in [0.3, 0.4) is 0 Å². The van der Waals surface area contributed by atoms with Crippen molar-refractivity contribution in [2.45, 2.75) is 54.8 Å². The first-order valence-corrected chi connectivity index (χ1v) is 17.1. The van der Waals surface area contributed by atoms with E-state index < -0.39 is 48.3 Å². The fourth-order valence-electron chi connectivity index (χ4n) is 6.92. The first kappa shape index (κ1) is 30.0. The molecule has 42 heavy (non-hydrogen) atoms. The van der Waals surface area contributed by atoms with E-state index in [1.807, 2.05) is 33.8 Å². The molecular weight excluding hydrogens is 572 g/mol. The summed E-state index contributed by atoms with van der Waals surface area (Å²) in [5, 5.41) is -1.28. The van der Waals surface area contributed by atoms with Crippen LogP contribution >= 0.6 is 0 Å². The first-order chi connectivity index (χ1) is 19.8. The van der Waals surface area contributed by atoms with Gasteiger partial charge in [0, 0.05) is 18.3 Å². The number of hydrogen-bond donors (Lipinski definition) is 0. The average molecular weight is 609 g/mol. The van der Waals surface area contributed by atoms with Crippen LogP contribution in [0.5, 0.6) is 0 Å². The van der Waals surface area contributed by atoms with Crippen molar-refractivity contribution in [2.75, 3.05) is 12.9 Å². The van der Waals surface area contributed by atoms with Gasteiger partial charge in [0.2, 0.25) is 0 Å². The largest absolute Gasteiger partial charge is 0.487 e. The molecule has 3 unspecified atom stereocenters. The molecule has 0 aromatic heterocycles. The van der Waals surface area contributed by atoms with Crippen molar-refractivity contribution >= 4 is 25.6 Å². The Bertz CT molecular complexity index is 1730. The number of allylic oxidation sites excluding steroid dienone is 5. The molecule has 2 aromatic carbocycles. The van der Waals surface area contributed by atoms with E-state index >= 15 is 0 Å². The maximum absolute atomic E-state index is 14.2. The molecule has 2 aliphatic carbocycles. The van der Waals surface area contributed by atoms with Gasteiger partial charge in [-0.2, -0.15) is 0 Å². The van der Waals surface area contributed by atoms with E-state index in [1.165, 1.54) is 19.2 Å². The zero-order chi connectivity index (χ0) is 30.4. The van der Waals surface area contributed by atoms with E-state index in [9.17, 15) is 21.6 Å². The molecule has 0 radical (unpaired) electrons. The van der Waals surface area contributed by atoms with Crippen molar-refractivity contribution in [1.82, 2.24) is 0 Å². The normalized spacial score (nSPS) is 27.5. The Labute approximate surface area is 248 Å². The van der Waals surface area contributed by atoms with Crippen molar-refractivity contribution in [3.8, 4) is 0 Å². The first-order valence-electron chi connectivity index (χ1n) is 13.9. The highest BCUT2D eigenvalue weighted by atomic mass is 32.2. The van der Waals surface area contributed by atoms with Crippen LogP contribution in [0.4, 0.5) is 0 Å². The summed E-state index contributed by atoms with van der Waals surface area (Å²) in [6.45, 7) is 7.79. The van der Waals surface area contributed by atoms with Crippen molar-refractivity contribution in [2.24, 2.45) is 17.8 Å². The van der Waals surface area contributed by atoms with E-state index in [0.717, 1.165) is 16.7 Å². The molecule has 0 fully saturated rings. The molecule has 0 spiro atoms. The summed E-state index contributed by atoms with van der Waals surface area (Å²) in [5.41, 5.74) is 2.33. The van der Waals surface area contributed by atoms with Gasteiger partial charge in [-0.15, -0.1) is 0 Å². The molecule has 222 valence electrons. The van der Waals surface area contributed by atoms with Gasteiger partial charge >= 0.3 is 5.97 Å². The van der Waals surface area contributed by atoms with Crippen LogP contribution in [0.2, 0.25) is 0 Å². The number of rotatable bonds is 7. The second-order valence-electron chi connectivity index (χ2n) is 11.5. The Balaban J connectivity index is 1.74. The van der Waals surface area contributed by atoms with Crippen LogP contribution in [-0.2, 0) is 33.9 Å². The summed E-state index contributed by atoms with van der Waals surface area (Å²) in [6.07, 6.45) is 5.72. The van der Waals surface area contributed by atoms with Gasteiger partial charge in [-0.25, -0.2) is 16.8 Å². The fraction of sp³-hybridized carbons (Fsp3) is 0.364. The molecule has 2 aromatic rings. The molecule has 1 heterocycles. The third-order valence-electron chi connectivity index (χ3n) is 8.58. The number of esters is 1. The molecule has 9 heteroatoms. The Morgan fingerprint density at radius 2 is 1.50 bits per heavy atom. The number of benzene rings is 2. The molecule has 0 amide bonds. The second kappa shape index (κ2) is 11.0. The molecule has 5 atom stereocenters. The van der Waals surface area contributed by atoms with Gasteiger partial charge < -0.3 is 9.47 Å². The van der Waals surface area contributed by atoms with Crippen LogP contribution < -0.4 is 0 Å². The summed E-state index contributed by atoms with van der Waals surface area (Å²) in [4.78, 5) is 14.0. The Hall–Kier alpha value is -3.43. The summed E-state index contributed by atoms with van der Waals surface area (Å²) >= 11 is 0. The lowest BCUT2D eigenvalue weighted by atomic mass is 9.69. The monoisotopic (exact) mass is 608 g/mol. The number of sulfone groups is 2. The molecule has 0 saturated heterocycles. The summed E-state index contributed by atoms with van der Waals surface area (Å²) < 4.78 is 67.1. The molecule has 0 N–H and O–H groups in total. The lowest BCUT2D eigenvalue weighted by Gasteiger charge is -2.35. The standard InChI is InChI=1S/C33H36O7S2/c1-21-18-22(2)28-23(3)19-27(42(37,38)25-14-10-7-11-15-25)30(32(34)39-5)29-26(40-33(4,20-21)31(28)29)16-17-41(35,36)24-12-8-6-9-13-24/h6-15,18-20,27-28,30-31H,16-17H2,1-5H3/t27-,28?,30+,31?,33?/m0/s1. The predicted molar refractivity (Wildman–Crippen MR) is 161 cm³/mol. The highest BCUT2D eigenvalue weighted by molar-refractivity contribution is 7.92. The predicted octanol–water partition coefficient (Wildman–Crippen LogP) is 5.62. The average Bonchev–Trinajstić information content (AvgIpc) is 3.07. The highest BCUT2D eigenvalue weighted by Crippen LogP contribution is 2.56. The third-order valence-corrected chi connectivity index (χ3v) is 12.4. The molecule has 7 nitrogen and oxygen atoms in total. The summed E-state index contributed by atoms with van der Waals surface area (Å²) in [6, 6.07) is 16.2. The summed E-state index contributed by atoms with van der Waals surface area (Å²) in [5.74, 6) is -2.60. The number of hydrogen-bond acceptors (Lipinski definition) is 7. The Morgan fingerprint density at radius 3 is 2.10 bits per heavy atom. The third kappa shape index (κ3) is 5.17. The number of ether oxygens (including phenoxy) is 2. The van der Waals surface area contributed by atoms with Gasteiger partial charge in [0.25, 0.3) is 0 Å². The topological polar surface area (TPSA) is 104 Å². The van der Waals surface area contributed by atoms with Gasteiger partial charge in [0.1, 0.15) is 16.8 Å². The van der Waals surface area contributed by atoms with E-state index in [0.29, 0.717) is 11.3 Å². The quantitative estimate of drug-likeness (QED) is 0.297. The minimum Gasteiger partial charge on any atom is -0.487 e. The maximum atomic E-state index is 14.2. The van der Waals surface area contributed by atoms with Gasteiger partial charge in [-0.1, -0.05) is 65.3 Å². The van der Waals surface area contributed by atoms with Gasteiger partial charge in [0.15, 0.2) is 19.7 Å². The van der Waals surface area contributed by atoms with Crippen LogP contribution in [0.25, 0.3) is 0 Å². The molecule has 0 bridgehead atoms. The lowest BCUT2D eigenvalue weighted by Crippen LogP contribution is -2.41. The molecule has 3 aliphatic rings. The van der Waals surface area contributed by atoms with E-state index in [4.69, 9.17) is 9.47 Å². The number of methoxy groups -OCH3 is 1. The van der Waals surface area contributed by atoms with Crippen LogP contribution in [0.1, 0.15) is 34.1 Å². The maximum Gasteiger partial charge on any atom is 0.314 e. The SMILES string of the molecule is COC(=O)[C@H]1C2=C(CCS(=O)(=O)c3ccccc3)OC3(C)C=C(C)C=C(C)C(C(C)=C[C@@H]1S(=O)(=O)c1ccccc1)C23. The summed E-state index contributed by atoms with van der Waals surface area (Å²) in [7, 11) is -6.53. The smallest absolute Gasteiger partial charge is 0.314 e. The van der Waals surface area contributed by atoms with E-state index in [-0.39, 0.29) is 27.9 Å².